The summed E-state index contributed by atoms with van der Waals surface area (Å²) in [5.74, 6) is 1.65. The van der Waals surface area contributed by atoms with E-state index in [4.69, 9.17) is 4.74 Å². The van der Waals surface area contributed by atoms with E-state index in [1.54, 1.807) is 0 Å². The zero-order valence-electron chi connectivity index (χ0n) is 13.2. The quantitative estimate of drug-likeness (QED) is 0.691. The highest BCUT2D eigenvalue weighted by Gasteiger charge is 2.21. The summed E-state index contributed by atoms with van der Waals surface area (Å²) in [6.07, 6.45) is 2.24. The van der Waals surface area contributed by atoms with Crippen molar-refractivity contribution in [2.24, 2.45) is 11.3 Å². The Morgan fingerprint density at radius 1 is 1.25 bits per heavy atom. The van der Waals surface area contributed by atoms with E-state index in [2.05, 4.69) is 48.9 Å². The largest absolute Gasteiger partial charge is 0.494 e. The normalized spacial score (nSPS) is 14.3. The highest BCUT2D eigenvalue weighted by atomic mass is 79.9. The van der Waals surface area contributed by atoms with Crippen LogP contribution in [0.15, 0.2) is 28.7 Å². The summed E-state index contributed by atoms with van der Waals surface area (Å²) in [5.41, 5.74) is 0.310. The molecule has 0 aromatic heterocycles. The minimum Gasteiger partial charge on any atom is -0.494 e. The van der Waals surface area contributed by atoms with Gasteiger partial charge in [0.25, 0.3) is 0 Å². The summed E-state index contributed by atoms with van der Waals surface area (Å²) in [7, 11) is 0. The molecule has 0 amide bonds. The second kappa shape index (κ2) is 8.68. The van der Waals surface area contributed by atoms with Crippen molar-refractivity contribution in [2.45, 2.75) is 40.5 Å². The monoisotopic (exact) mass is 341 g/mol. The summed E-state index contributed by atoms with van der Waals surface area (Å²) in [6.45, 7) is 12.0. The van der Waals surface area contributed by atoms with Crippen LogP contribution in [-0.4, -0.2) is 19.7 Å². The standard InChI is InChI=1S/C17H28BrNO/c1-5-17(4,13-19-12-14(2)3)10-11-20-16-8-6-15(18)7-9-16/h6-9,14,19H,5,10-13H2,1-4H3. The second-order valence-corrected chi connectivity index (χ2v) is 7.16. The number of ether oxygens (including phenoxy) is 1. The Kier molecular flexibility index (Phi) is 7.60. The minimum absolute atomic E-state index is 0.310. The van der Waals surface area contributed by atoms with Gasteiger partial charge in [0.2, 0.25) is 0 Å². The van der Waals surface area contributed by atoms with Crippen molar-refractivity contribution in [3.63, 3.8) is 0 Å². The lowest BCUT2D eigenvalue weighted by molar-refractivity contribution is 0.198. The molecule has 1 atom stereocenters. The number of nitrogens with one attached hydrogen (secondary N) is 1. The van der Waals surface area contributed by atoms with Crippen molar-refractivity contribution in [1.29, 1.82) is 0 Å². The average Bonchev–Trinajstić information content (AvgIpc) is 2.41. The Labute approximate surface area is 132 Å². The third-order valence-corrected chi connectivity index (χ3v) is 4.27. The molecule has 1 N–H and O–H groups in total. The van der Waals surface area contributed by atoms with Crippen molar-refractivity contribution in [1.82, 2.24) is 5.32 Å². The second-order valence-electron chi connectivity index (χ2n) is 6.24. The molecule has 114 valence electrons. The van der Waals surface area contributed by atoms with Gasteiger partial charge in [0.15, 0.2) is 0 Å². The Bertz CT molecular complexity index is 377. The fourth-order valence-electron chi connectivity index (χ4n) is 2.00. The Balaban J connectivity index is 2.34. The van der Waals surface area contributed by atoms with Gasteiger partial charge in [0.05, 0.1) is 6.61 Å². The van der Waals surface area contributed by atoms with E-state index in [0.29, 0.717) is 11.3 Å². The van der Waals surface area contributed by atoms with E-state index in [9.17, 15) is 0 Å². The van der Waals surface area contributed by atoms with Crippen molar-refractivity contribution < 1.29 is 4.74 Å². The van der Waals surface area contributed by atoms with Gasteiger partial charge in [-0.05, 0) is 55.0 Å². The summed E-state index contributed by atoms with van der Waals surface area (Å²) in [6, 6.07) is 8.03. The average molecular weight is 342 g/mol. The van der Waals surface area contributed by atoms with Crippen LogP contribution in [0.5, 0.6) is 5.75 Å². The van der Waals surface area contributed by atoms with Crippen molar-refractivity contribution in [3.8, 4) is 5.75 Å². The van der Waals surface area contributed by atoms with Crippen LogP contribution in [0.25, 0.3) is 0 Å². The van der Waals surface area contributed by atoms with Crippen molar-refractivity contribution >= 4 is 15.9 Å². The summed E-state index contributed by atoms with van der Waals surface area (Å²) < 4.78 is 6.92. The number of hydrogen-bond donors (Lipinski definition) is 1. The molecule has 1 aromatic rings. The summed E-state index contributed by atoms with van der Waals surface area (Å²) in [5, 5.41) is 3.57. The highest BCUT2D eigenvalue weighted by Crippen LogP contribution is 2.25. The molecule has 1 unspecified atom stereocenters. The van der Waals surface area contributed by atoms with Crippen LogP contribution in [-0.2, 0) is 0 Å². The molecule has 1 aromatic carbocycles. The lowest BCUT2D eigenvalue weighted by Crippen LogP contribution is -2.34. The molecule has 1 rings (SSSR count). The molecule has 0 bridgehead atoms. The van der Waals surface area contributed by atoms with E-state index in [0.717, 1.165) is 36.3 Å². The zero-order chi connectivity index (χ0) is 15.0. The topological polar surface area (TPSA) is 21.3 Å². The first kappa shape index (κ1) is 17.5. The molecule has 0 aliphatic rings. The van der Waals surface area contributed by atoms with Crippen LogP contribution in [0.1, 0.15) is 40.5 Å². The van der Waals surface area contributed by atoms with Crippen LogP contribution in [0.2, 0.25) is 0 Å². The molecule has 0 aliphatic carbocycles. The fraction of sp³-hybridized carbons (Fsp3) is 0.647. The maximum absolute atomic E-state index is 5.84. The van der Waals surface area contributed by atoms with Crippen LogP contribution in [0.4, 0.5) is 0 Å². The molecule has 20 heavy (non-hydrogen) atoms. The number of benzene rings is 1. The van der Waals surface area contributed by atoms with E-state index >= 15 is 0 Å². The van der Waals surface area contributed by atoms with Crippen LogP contribution < -0.4 is 10.1 Å². The van der Waals surface area contributed by atoms with Gasteiger partial charge in [0, 0.05) is 11.0 Å². The maximum atomic E-state index is 5.84. The molecule has 3 heteroatoms. The van der Waals surface area contributed by atoms with E-state index in [1.807, 2.05) is 24.3 Å². The zero-order valence-corrected chi connectivity index (χ0v) is 14.8. The third kappa shape index (κ3) is 6.76. The Morgan fingerprint density at radius 3 is 2.45 bits per heavy atom. The Morgan fingerprint density at radius 2 is 1.90 bits per heavy atom. The molecule has 0 heterocycles. The van der Waals surface area contributed by atoms with Gasteiger partial charge in [0.1, 0.15) is 5.75 Å². The smallest absolute Gasteiger partial charge is 0.119 e. The molecule has 0 aliphatic heterocycles. The van der Waals surface area contributed by atoms with Gasteiger partial charge >= 0.3 is 0 Å². The van der Waals surface area contributed by atoms with Gasteiger partial charge in [-0.25, -0.2) is 0 Å². The predicted octanol–water partition coefficient (Wildman–Crippen LogP) is 4.88. The first-order chi connectivity index (χ1) is 9.45. The molecular weight excluding hydrogens is 314 g/mol. The van der Waals surface area contributed by atoms with Gasteiger partial charge in [-0.3, -0.25) is 0 Å². The first-order valence-electron chi connectivity index (χ1n) is 7.54. The minimum atomic E-state index is 0.310. The van der Waals surface area contributed by atoms with Crippen molar-refractivity contribution in [3.05, 3.63) is 28.7 Å². The van der Waals surface area contributed by atoms with Gasteiger partial charge in [-0.2, -0.15) is 0 Å². The lowest BCUT2D eigenvalue weighted by atomic mass is 9.84. The van der Waals surface area contributed by atoms with Crippen molar-refractivity contribution in [2.75, 3.05) is 19.7 Å². The van der Waals surface area contributed by atoms with Crippen LogP contribution in [0.3, 0.4) is 0 Å². The molecule has 0 spiro atoms. The lowest BCUT2D eigenvalue weighted by Gasteiger charge is -2.29. The molecule has 2 nitrogen and oxygen atoms in total. The SMILES string of the molecule is CCC(C)(CCOc1ccc(Br)cc1)CNCC(C)C. The fourth-order valence-corrected chi connectivity index (χ4v) is 2.26. The maximum Gasteiger partial charge on any atom is 0.119 e. The highest BCUT2D eigenvalue weighted by molar-refractivity contribution is 9.10. The molecule has 0 radical (unpaired) electrons. The van der Waals surface area contributed by atoms with Crippen LogP contribution in [0, 0.1) is 11.3 Å². The predicted molar refractivity (Wildman–Crippen MR) is 90.4 cm³/mol. The number of halogens is 1. The van der Waals surface area contributed by atoms with Gasteiger partial charge in [-0.1, -0.05) is 43.6 Å². The third-order valence-electron chi connectivity index (χ3n) is 3.75. The number of hydrogen-bond acceptors (Lipinski definition) is 2. The summed E-state index contributed by atoms with van der Waals surface area (Å²) >= 11 is 3.43. The van der Waals surface area contributed by atoms with Crippen LogP contribution >= 0.6 is 15.9 Å². The van der Waals surface area contributed by atoms with E-state index in [1.165, 1.54) is 6.42 Å². The first-order valence-corrected chi connectivity index (χ1v) is 8.33. The van der Waals surface area contributed by atoms with Gasteiger partial charge in [-0.15, -0.1) is 0 Å². The molecular formula is C17H28BrNO. The molecule has 0 saturated carbocycles. The van der Waals surface area contributed by atoms with Gasteiger partial charge < -0.3 is 10.1 Å². The van der Waals surface area contributed by atoms with E-state index < -0.39 is 0 Å². The molecule has 0 saturated heterocycles. The summed E-state index contributed by atoms with van der Waals surface area (Å²) in [4.78, 5) is 0. The molecule has 0 fully saturated rings. The Hall–Kier alpha value is -0.540. The number of rotatable bonds is 9. The van der Waals surface area contributed by atoms with E-state index in [-0.39, 0.29) is 0 Å².